The highest BCUT2D eigenvalue weighted by molar-refractivity contribution is 6.81. The molecule has 0 amide bonds. The van der Waals surface area contributed by atoms with E-state index in [9.17, 15) is 9.90 Å². The van der Waals surface area contributed by atoms with Gasteiger partial charge in [0.1, 0.15) is 5.78 Å². The largest absolute Gasteiger partial charge is 0.396 e. The van der Waals surface area contributed by atoms with Crippen molar-refractivity contribution in [2.75, 3.05) is 13.1 Å². The highest BCUT2D eigenvalue weighted by atomic mass is 28.3. The summed E-state index contributed by atoms with van der Waals surface area (Å²) in [7, 11) is -1.89. The van der Waals surface area contributed by atoms with Crippen molar-refractivity contribution >= 4 is 13.9 Å². The van der Waals surface area contributed by atoms with Crippen molar-refractivity contribution in [1.29, 1.82) is 0 Å². The minimum Gasteiger partial charge on any atom is -0.396 e. The van der Waals surface area contributed by atoms with Gasteiger partial charge in [-0.3, -0.25) is 4.79 Å². The van der Waals surface area contributed by atoms with Crippen molar-refractivity contribution in [3.63, 3.8) is 0 Å². The number of aliphatic hydroxyl groups excluding tert-OH is 1. The van der Waals surface area contributed by atoms with Crippen LogP contribution >= 0.6 is 0 Å². The average Bonchev–Trinajstić information content (AvgIpc) is 2.26. The molecule has 5 N–H and O–H groups in total. The van der Waals surface area contributed by atoms with Crippen molar-refractivity contribution in [2.24, 2.45) is 16.9 Å². The van der Waals surface area contributed by atoms with Crippen molar-refractivity contribution in [3.05, 3.63) is 0 Å². The quantitative estimate of drug-likeness (QED) is 0.622. The highest BCUT2D eigenvalue weighted by Gasteiger charge is 2.42. The maximum atomic E-state index is 12.1. The molecule has 0 heterocycles. The van der Waals surface area contributed by atoms with Gasteiger partial charge in [0.2, 0.25) is 0 Å². The molecule has 4 nitrogen and oxygen atoms in total. The van der Waals surface area contributed by atoms with Crippen LogP contribution in [0.3, 0.4) is 0 Å². The van der Waals surface area contributed by atoms with Gasteiger partial charge < -0.3 is 16.6 Å². The summed E-state index contributed by atoms with van der Waals surface area (Å²) in [5.41, 5.74) is 10.5. The zero-order valence-corrected chi connectivity index (χ0v) is 14.4. The topological polar surface area (TPSA) is 89.3 Å². The number of carbonyl (C=O) groups excluding carboxylic acids is 1. The van der Waals surface area contributed by atoms with E-state index in [-0.39, 0.29) is 22.7 Å². The molecule has 0 aromatic heterocycles. The third kappa shape index (κ3) is 4.98. The molecule has 114 valence electrons. The van der Waals surface area contributed by atoms with Gasteiger partial charge in [-0.05, 0) is 23.5 Å². The fraction of sp³-hybridized carbons (Fsp3) is 0.929. The maximum absolute atomic E-state index is 12.1. The molecule has 0 radical (unpaired) electrons. The number of Topliss-reactive ketones (excluding diaryl/α,β-unsaturated/α-hetero) is 1. The molecule has 1 atom stereocenters. The Kier molecular flexibility index (Phi) is 6.40. The number of carbonyl (C=O) groups is 1. The Morgan fingerprint density at radius 1 is 1.16 bits per heavy atom. The summed E-state index contributed by atoms with van der Waals surface area (Å²) in [6.45, 7) is 13.4. The van der Waals surface area contributed by atoms with Crippen molar-refractivity contribution in [2.45, 2.75) is 64.4 Å². The number of aliphatic hydroxyl groups is 1. The molecule has 0 aromatic carbocycles. The molecule has 0 saturated heterocycles. The molecule has 0 aliphatic carbocycles. The first kappa shape index (κ1) is 18.8. The number of rotatable bonds is 7. The van der Waals surface area contributed by atoms with Gasteiger partial charge in [0.05, 0.1) is 13.8 Å². The minimum absolute atomic E-state index is 0.0655. The number of ketones is 1. The Labute approximate surface area is 119 Å². The van der Waals surface area contributed by atoms with Crippen LogP contribution in [0.5, 0.6) is 0 Å². The van der Waals surface area contributed by atoms with Crippen LogP contribution in [-0.2, 0) is 4.79 Å². The predicted molar refractivity (Wildman–Crippen MR) is 83.7 cm³/mol. The normalized spacial score (nSPS) is 15.4. The molecule has 0 aliphatic heterocycles. The maximum Gasteiger partial charge on any atom is 0.135 e. The van der Waals surface area contributed by atoms with Crippen LogP contribution in [0, 0.1) is 5.41 Å². The SMILES string of the molecule is CC(CN)(CN)CC(=O)CC(O)[Si](C)(C)C(C)(C)C. The van der Waals surface area contributed by atoms with Gasteiger partial charge in [0.25, 0.3) is 0 Å². The number of hydrogen-bond donors (Lipinski definition) is 3. The lowest BCUT2D eigenvalue weighted by atomic mass is 9.84. The van der Waals surface area contributed by atoms with E-state index in [2.05, 4.69) is 33.9 Å². The summed E-state index contributed by atoms with van der Waals surface area (Å²) >= 11 is 0. The van der Waals surface area contributed by atoms with E-state index >= 15 is 0 Å². The monoisotopic (exact) mass is 288 g/mol. The lowest BCUT2D eigenvalue weighted by Crippen LogP contribution is -2.50. The third-order valence-electron chi connectivity index (χ3n) is 4.80. The van der Waals surface area contributed by atoms with Gasteiger partial charge in [-0.2, -0.15) is 0 Å². The van der Waals surface area contributed by atoms with E-state index in [0.29, 0.717) is 19.5 Å². The van der Waals surface area contributed by atoms with E-state index in [1.165, 1.54) is 0 Å². The molecule has 0 spiro atoms. The Morgan fingerprint density at radius 3 is 1.89 bits per heavy atom. The summed E-state index contributed by atoms with van der Waals surface area (Å²) in [6.07, 6.45) is 0.581. The second-order valence-electron chi connectivity index (χ2n) is 7.63. The molecule has 0 aromatic rings. The second-order valence-corrected chi connectivity index (χ2v) is 13.2. The van der Waals surface area contributed by atoms with Crippen LogP contribution in [0.15, 0.2) is 0 Å². The Balaban J connectivity index is 4.67. The van der Waals surface area contributed by atoms with Gasteiger partial charge >= 0.3 is 0 Å². The van der Waals surface area contributed by atoms with Crippen molar-refractivity contribution < 1.29 is 9.90 Å². The minimum atomic E-state index is -1.89. The Bertz CT molecular complexity index is 307. The fourth-order valence-corrected chi connectivity index (χ4v) is 3.48. The Morgan fingerprint density at radius 2 is 1.58 bits per heavy atom. The molecule has 0 fully saturated rings. The van der Waals surface area contributed by atoms with Crippen LogP contribution in [0.25, 0.3) is 0 Å². The van der Waals surface area contributed by atoms with Crippen LogP contribution in [0.2, 0.25) is 18.1 Å². The fourth-order valence-electron chi connectivity index (χ4n) is 1.75. The van der Waals surface area contributed by atoms with Crippen molar-refractivity contribution in [1.82, 2.24) is 0 Å². The van der Waals surface area contributed by atoms with Gasteiger partial charge in [-0.1, -0.05) is 40.8 Å². The first-order valence-electron chi connectivity index (χ1n) is 6.99. The third-order valence-corrected chi connectivity index (χ3v) is 10.5. The number of hydrogen-bond acceptors (Lipinski definition) is 4. The van der Waals surface area contributed by atoms with Crippen LogP contribution in [0.4, 0.5) is 0 Å². The highest BCUT2D eigenvalue weighted by Crippen LogP contribution is 2.39. The zero-order chi connectivity index (χ0) is 15.5. The Hall–Kier alpha value is -0.233. The van der Waals surface area contributed by atoms with E-state index in [4.69, 9.17) is 11.5 Å². The van der Waals surface area contributed by atoms with Crippen LogP contribution in [-0.4, -0.2) is 37.8 Å². The van der Waals surface area contributed by atoms with Gasteiger partial charge in [-0.25, -0.2) is 0 Å². The number of nitrogens with two attached hydrogens (primary N) is 2. The first-order chi connectivity index (χ1) is 8.39. The van der Waals surface area contributed by atoms with Crippen molar-refractivity contribution in [3.8, 4) is 0 Å². The van der Waals surface area contributed by atoms with E-state index in [1.54, 1.807) is 0 Å². The standard InChI is InChI=1S/C14H32N2O2Si/c1-13(2,3)19(5,6)12(18)7-11(17)8-14(4,9-15)10-16/h12,18H,7-10,15-16H2,1-6H3. The average molecular weight is 289 g/mol. The second kappa shape index (κ2) is 6.48. The molecule has 0 rings (SSSR count). The molecule has 5 heteroatoms. The zero-order valence-electron chi connectivity index (χ0n) is 13.4. The summed E-state index contributed by atoms with van der Waals surface area (Å²) in [5.74, 6) is 0.0655. The van der Waals surface area contributed by atoms with Gasteiger partial charge in [0.15, 0.2) is 0 Å². The molecule has 19 heavy (non-hydrogen) atoms. The molecular formula is C14H32N2O2Si. The first-order valence-corrected chi connectivity index (χ1v) is 10.1. The van der Waals surface area contributed by atoms with Gasteiger partial charge in [-0.15, -0.1) is 0 Å². The smallest absolute Gasteiger partial charge is 0.135 e. The lowest BCUT2D eigenvalue weighted by molar-refractivity contribution is -0.122. The molecule has 1 unspecified atom stereocenters. The molecular weight excluding hydrogens is 256 g/mol. The van der Waals surface area contributed by atoms with Crippen LogP contribution < -0.4 is 11.5 Å². The molecule has 0 bridgehead atoms. The summed E-state index contributed by atoms with van der Waals surface area (Å²) in [5, 5.41) is 10.5. The van der Waals surface area contributed by atoms with Gasteiger partial charge in [0, 0.05) is 12.8 Å². The summed E-state index contributed by atoms with van der Waals surface area (Å²) in [6, 6.07) is 0. The van der Waals surface area contributed by atoms with E-state index < -0.39 is 13.8 Å². The van der Waals surface area contributed by atoms with E-state index in [1.807, 2.05) is 6.92 Å². The summed E-state index contributed by atoms with van der Waals surface area (Å²) < 4.78 is 0. The molecule has 0 saturated carbocycles. The predicted octanol–water partition coefficient (Wildman–Crippen LogP) is 1.67. The summed E-state index contributed by atoms with van der Waals surface area (Å²) in [4.78, 5) is 12.1. The van der Waals surface area contributed by atoms with Crippen LogP contribution in [0.1, 0.15) is 40.5 Å². The van der Waals surface area contributed by atoms with E-state index in [0.717, 1.165) is 0 Å². The molecule has 0 aliphatic rings. The lowest BCUT2D eigenvalue weighted by Gasteiger charge is -2.40.